The minimum Gasteiger partial charge on any atom is -0.457 e. The molecule has 0 aliphatic carbocycles. The van der Waals surface area contributed by atoms with E-state index in [-0.39, 0.29) is 12.5 Å². The molecule has 0 radical (unpaired) electrons. The number of aromatic amines is 1. The van der Waals surface area contributed by atoms with Gasteiger partial charge in [0.1, 0.15) is 41.7 Å². The summed E-state index contributed by atoms with van der Waals surface area (Å²) in [5.41, 5.74) is 8.61. The van der Waals surface area contributed by atoms with Crippen molar-refractivity contribution in [1.82, 2.24) is 29.8 Å². The summed E-state index contributed by atoms with van der Waals surface area (Å²) in [7, 11) is 0. The molecule has 5 aromatic rings. The number of hydrogen-bond acceptors (Lipinski definition) is 6. The molecule has 0 bridgehead atoms. The second kappa shape index (κ2) is 10.1. The van der Waals surface area contributed by atoms with Gasteiger partial charge in [-0.1, -0.05) is 30.3 Å². The highest BCUT2D eigenvalue weighted by Crippen LogP contribution is 2.34. The summed E-state index contributed by atoms with van der Waals surface area (Å²) in [6.07, 6.45) is 8.39. The molecule has 0 spiro atoms. The number of benzene rings is 2. The Bertz CT molecular complexity index is 1410. The molecule has 5 rings (SSSR count). The van der Waals surface area contributed by atoms with Crippen LogP contribution in [0.15, 0.2) is 79.5 Å². The van der Waals surface area contributed by atoms with Gasteiger partial charge in [0.15, 0.2) is 0 Å². The largest absolute Gasteiger partial charge is 0.457 e. The van der Waals surface area contributed by atoms with E-state index in [1.807, 2.05) is 60.8 Å². The Balaban J connectivity index is 1.31. The van der Waals surface area contributed by atoms with Gasteiger partial charge < -0.3 is 25.3 Å². The Kier molecular flexibility index (Phi) is 6.38. The molecule has 0 saturated carbocycles. The third kappa shape index (κ3) is 5.14. The van der Waals surface area contributed by atoms with E-state index in [0.29, 0.717) is 18.0 Å². The molecular weight excluding hydrogens is 442 g/mol. The van der Waals surface area contributed by atoms with Crippen LogP contribution in [0.1, 0.15) is 12.2 Å². The number of rotatable bonds is 9. The van der Waals surface area contributed by atoms with Crippen LogP contribution >= 0.6 is 0 Å². The zero-order valence-electron chi connectivity index (χ0n) is 19.0. The first-order valence-corrected chi connectivity index (χ1v) is 11.3. The molecule has 0 saturated heterocycles. The molecule has 176 valence electrons. The summed E-state index contributed by atoms with van der Waals surface area (Å²) < 4.78 is 7.70. The van der Waals surface area contributed by atoms with Gasteiger partial charge in [0.2, 0.25) is 5.91 Å². The first kappa shape index (κ1) is 22.1. The molecule has 0 fully saturated rings. The third-order valence-corrected chi connectivity index (χ3v) is 5.61. The van der Waals surface area contributed by atoms with E-state index in [1.165, 1.54) is 6.33 Å². The monoisotopic (exact) mass is 467 g/mol. The van der Waals surface area contributed by atoms with Crippen LogP contribution in [0.4, 0.5) is 5.82 Å². The summed E-state index contributed by atoms with van der Waals surface area (Å²) in [5, 5.41) is 3.68. The Morgan fingerprint density at radius 2 is 1.83 bits per heavy atom. The molecule has 0 aliphatic rings. The topological polar surface area (TPSA) is 124 Å². The van der Waals surface area contributed by atoms with Gasteiger partial charge >= 0.3 is 0 Å². The molecule has 4 N–H and O–H groups in total. The van der Waals surface area contributed by atoms with Crippen LogP contribution < -0.4 is 15.8 Å². The minimum absolute atomic E-state index is 0.100. The number of anilines is 1. The fourth-order valence-corrected chi connectivity index (χ4v) is 3.94. The lowest BCUT2D eigenvalue weighted by Gasteiger charge is -2.07. The molecule has 9 nitrogen and oxygen atoms in total. The number of nitrogens with one attached hydrogen (secondary N) is 2. The van der Waals surface area contributed by atoms with Gasteiger partial charge in [0, 0.05) is 37.1 Å². The van der Waals surface area contributed by atoms with Gasteiger partial charge in [0.25, 0.3) is 0 Å². The number of carbonyl (C=O) groups is 1. The number of imidazole rings is 1. The zero-order valence-corrected chi connectivity index (χ0v) is 19.0. The molecule has 0 unspecified atom stereocenters. The number of hydrogen-bond donors (Lipinski definition) is 3. The number of nitrogens with two attached hydrogens (primary N) is 1. The lowest BCUT2D eigenvalue weighted by atomic mass is 10.1. The number of para-hydroxylation sites is 1. The Labute approximate surface area is 202 Å². The number of aryl methyl sites for hydroxylation is 1. The van der Waals surface area contributed by atoms with Crippen molar-refractivity contribution in [2.24, 2.45) is 0 Å². The highest BCUT2D eigenvalue weighted by Gasteiger charge is 2.17. The van der Waals surface area contributed by atoms with Crippen molar-refractivity contribution in [3.8, 4) is 22.6 Å². The Hall–Kier alpha value is -4.66. The molecular formula is C26H25N7O2. The summed E-state index contributed by atoms with van der Waals surface area (Å²) in [6, 6.07) is 17.3. The average Bonchev–Trinajstić information content (AvgIpc) is 3.52. The standard InChI is InChI=1S/C26H25N7O2/c27-25-24-21(18-8-10-20(11-9-18)35-19-5-2-1-3-6-19)15-33(26(24)32-17-31-25)16-23(34)30-12-4-7-22-28-13-14-29-22/h1-3,5-6,8-11,13-15,17H,4,7,12,16H2,(H,28,29)(H,30,34)(H2,27,31,32). The number of nitrogens with zero attached hydrogens (tertiary/aromatic N) is 4. The number of H-pyrrole nitrogens is 1. The fraction of sp³-hybridized carbons (Fsp3) is 0.154. The van der Waals surface area contributed by atoms with E-state index < -0.39 is 0 Å². The van der Waals surface area contributed by atoms with E-state index in [2.05, 4.69) is 25.3 Å². The average molecular weight is 468 g/mol. The maximum atomic E-state index is 12.6. The first-order valence-electron chi connectivity index (χ1n) is 11.3. The molecule has 1 amide bonds. The highest BCUT2D eigenvalue weighted by atomic mass is 16.5. The fourth-order valence-electron chi connectivity index (χ4n) is 3.94. The van der Waals surface area contributed by atoms with Gasteiger partial charge in [-0.15, -0.1) is 0 Å². The van der Waals surface area contributed by atoms with E-state index in [4.69, 9.17) is 10.5 Å². The van der Waals surface area contributed by atoms with E-state index in [9.17, 15) is 4.79 Å². The number of ether oxygens (including phenoxy) is 1. The summed E-state index contributed by atoms with van der Waals surface area (Å²) in [6.45, 7) is 0.689. The van der Waals surface area contributed by atoms with Gasteiger partial charge in [-0.3, -0.25) is 4.79 Å². The lowest BCUT2D eigenvalue weighted by Crippen LogP contribution is -2.28. The maximum Gasteiger partial charge on any atom is 0.239 e. The summed E-state index contributed by atoms with van der Waals surface area (Å²) in [4.78, 5) is 28.4. The van der Waals surface area contributed by atoms with Gasteiger partial charge in [-0.2, -0.15) is 0 Å². The number of aromatic nitrogens is 5. The molecule has 35 heavy (non-hydrogen) atoms. The van der Waals surface area contributed by atoms with E-state index >= 15 is 0 Å². The van der Waals surface area contributed by atoms with Gasteiger partial charge in [-0.05, 0) is 36.2 Å². The van der Waals surface area contributed by atoms with Crippen molar-refractivity contribution in [3.05, 3.63) is 85.3 Å². The number of fused-ring (bicyclic) bond motifs is 1. The Morgan fingerprint density at radius 3 is 2.60 bits per heavy atom. The van der Waals surface area contributed by atoms with Gasteiger partial charge in [-0.25, -0.2) is 15.0 Å². The number of amides is 1. The molecule has 2 aromatic carbocycles. The SMILES string of the molecule is Nc1ncnc2c1c(-c1ccc(Oc3ccccc3)cc1)cn2CC(=O)NCCCc1ncc[nH]1. The van der Waals surface area contributed by atoms with Gasteiger partial charge in [0.05, 0.1) is 5.39 Å². The second-order valence-electron chi connectivity index (χ2n) is 8.06. The van der Waals surface area contributed by atoms with Crippen molar-refractivity contribution >= 4 is 22.8 Å². The molecule has 0 aliphatic heterocycles. The second-order valence-corrected chi connectivity index (χ2v) is 8.06. The molecule has 0 atom stereocenters. The Morgan fingerprint density at radius 1 is 1.03 bits per heavy atom. The molecule has 9 heteroatoms. The van der Waals surface area contributed by atoms with Crippen molar-refractivity contribution < 1.29 is 9.53 Å². The minimum atomic E-state index is -0.100. The quantitative estimate of drug-likeness (QED) is 0.282. The molecule has 3 aromatic heterocycles. The van der Waals surface area contributed by atoms with Crippen LogP contribution in [-0.4, -0.2) is 37.0 Å². The predicted octanol–water partition coefficient (Wildman–Crippen LogP) is 3.94. The van der Waals surface area contributed by atoms with Crippen LogP contribution in [0.3, 0.4) is 0 Å². The van der Waals surface area contributed by atoms with Crippen molar-refractivity contribution in [1.29, 1.82) is 0 Å². The van der Waals surface area contributed by atoms with Crippen molar-refractivity contribution in [3.63, 3.8) is 0 Å². The smallest absolute Gasteiger partial charge is 0.239 e. The van der Waals surface area contributed by atoms with E-state index in [0.717, 1.165) is 46.7 Å². The summed E-state index contributed by atoms with van der Waals surface area (Å²) >= 11 is 0. The first-order chi connectivity index (χ1) is 17.2. The zero-order chi connectivity index (χ0) is 24.0. The van der Waals surface area contributed by atoms with Crippen LogP contribution in [0.5, 0.6) is 11.5 Å². The van der Waals surface area contributed by atoms with Crippen LogP contribution in [0.2, 0.25) is 0 Å². The number of nitrogen functional groups attached to an aromatic ring is 1. The van der Waals surface area contributed by atoms with Crippen LogP contribution in [0, 0.1) is 0 Å². The predicted molar refractivity (Wildman–Crippen MR) is 134 cm³/mol. The van der Waals surface area contributed by atoms with E-state index in [1.54, 1.807) is 17.0 Å². The van der Waals surface area contributed by atoms with Crippen molar-refractivity contribution in [2.45, 2.75) is 19.4 Å². The van der Waals surface area contributed by atoms with Crippen LogP contribution in [0.25, 0.3) is 22.2 Å². The highest BCUT2D eigenvalue weighted by molar-refractivity contribution is 6.01. The maximum absolute atomic E-state index is 12.6. The summed E-state index contributed by atoms with van der Waals surface area (Å²) in [5.74, 6) is 2.67. The lowest BCUT2D eigenvalue weighted by molar-refractivity contribution is -0.121. The van der Waals surface area contributed by atoms with Crippen LogP contribution in [-0.2, 0) is 17.8 Å². The van der Waals surface area contributed by atoms with Crippen molar-refractivity contribution in [2.75, 3.05) is 12.3 Å². The third-order valence-electron chi connectivity index (χ3n) is 5.61. The normalized spacial score (nSPS) is 11.0. The molecule has 3 heterocycles. The number of carbonyl (C=O) groups excluding carboxylic acids is 1.